The average molecular weight is 259 g/mol. The van der Waals surface area contributed by atoms with E-state index in [-0.39, 0.29) is 17.3 Å². The maximum absolute atomic E-state index is 13.3. The predicted octanol–water partition coefficient (Wildman–Crippen LogP) is 2.29. The van der Waals surface area contributed by atoms with Crippen LogP contribution in [-0.4, -0.2) is 10.9 Å². The number of aromatic nitrogens is 1. The molecule has 3 N–H and O–H groups in total. The van der Waals surface area contributed by atoms with Crippen molar-refractivity contribution >= 4 is 11.6 Å². The number of nitrogens with one attached hydrogen (secondary N) is 1. The molecule has 0 bridgehead atoms. The van der Waals surface area contributed by atoms with Crippen LogP contribution in [0.3, 0.4) is 0 Å². The van der Waals surface area contributed by atoms with E-state index in [0.717, 1.165) is 5.69 Å². The van der Waals surface area contributed by atoms with Gasteiger partial charge in [-0.3, -0.25) is 9.78 Å². The number of nitrogens with zero attached hydrogens (tertiary/aromatic N) is 1. The number of carbonyl (C=O) groups excluding carboxylic acids is 1. The van der Waals surface area contributed by atoms with Crippen molar-refractivity contribution in [2.45, 2.75) is 13.0 Å². The number of nitrogen functional groups attached to an aromatic ring is 1. The predicted molar refractivity (Wildman–Crippen MR) is 70.9 cm³/mol. The highest BCUT2D eigenvalue weighted by Gasteiger charge is 2.15. The number of hydrogen-bond donors (Lipinski definition) is 2. The molecule has 1 atom stereocenters. The molecule has 2 aromatic rings. The number of pyridine rings is 1. The van der Waals surface area contributed by atoms with Gasteiger partial charge in [-0.05, 0) is 31.2 Å². The van der Waals surface area contributed by atoms with Crippen LogP contribution in [0.2, 0.25) is 0 Å². The highest BCUT2D eigenvalue weighted by atomic mass is 19.1. The lowest BCUT2D eigenvalue weighted by atomic mass is 10.1. The minimum atomic E-state index is -0.599. The number of carbonyl (C=O) groups is 1. The summed E-state index contributed by atoms with van der Waals surface area (Å²) in [7, 11) is 0. The first kappa shape index (κ1) is 13.0. The molecule has 1 aromatic heterocycles. The summed E-state index contributed by atoms with van der Waals surface area (Å²) in [6.45, 7) is 1.80. The van der Waals surface area contributed by atoms with Crippen molar-refractivity contribution in [3.8, 4) is 0 Å². The summed E-state index contributed by atoms with van der Waals surface area (Å²) < 4.78 is 13.3. The fourth-order valence-corrected chi connectivity index (χ4v) is 1.72. The zero-order valence-electron chi connectivity index (χ0n) is 10.4. The Labute approximate surface area is 110 Å². The van der Waals surface area contributed by atoms with Crippen LogP contribution in [0.15, 0.2) is 42.6 Å². The molecule has 0 spiro atoms. The van der Waals surface area contributed by atoms with E-state index < -0.39 is 11.7 Å². The van der Waals surface area contributed by atoms with Gasteiger partial charge in [-0.25, -0.2) is 4.39 Å². The lowest BCUT2D eigenvalue weighted by Crippen LogP contribution is -2.28. The minimum absolute atomic E-state index is 0.128. The Morgan fingerprint density at radius 3 is 2.79 bits per heavy atom. The molecule has 0 radical (unpaired) electrons. The second kappa shape index (κ2) is 5.48. The Morgan fingerprint density at radius 2 is 2.11 bits per heavy atom. The topological polar surface area (TPSA) is 68.0 Å². The van der Waals surface area contributed by atoms with Gasteiger partial charge in [0.1, 0.15) is 5.82 Å². The van der Waals surface area contributed by atoms with Gasteiger partial charge in [-0.1, -0.05) is 12.1 Å². The number of amides is 1. The Balaban J connectivity index is 2.16. The van der Waals surface area contributed by atoms with E-state index in [2.05, 4.69) is 10.3 Å². The standard InChI is InChI=1S/C14H14FN3O/c1-9(12-7-2-3-8-17-12)18-14(19)10-5-4-6-11(15)13(10)16/h2-9H,16H2,1H3,(H,18,19). The molecule has 98 valence electrons. The van der Waals surface area contributed by atoms with Crippen molar-refractivity contribution in [1.82, 2.24) is 10.3 Å². The molecule has 0 aliphatic carbocycles. The zero-order chi connectivity index (χ0) is 13.8. The highest BCUT2D eigenvalue weighted by molar-refractivity contribution is 5.99. The summed E-state index contributed by atoms with van der Waals surface area (Å²) in [6.07, 6.45) is 1.65. The molecule has 19 heavy (non-hydrogen) atoms. The molecule has 0 saturated carbocycles. The molecular formula is C14H14FN3O. The van der Waals surface area contributed by atoms with Crippen LogP contribution in [0.25, 0.3) is 0 Å². The summed E-state index contributed by atoms with van der Waals surface area (Å²) in [5.41, 5.74) is 6.26. The number of halogens is 1. The quantitative estimate of drug-likeness (QED) is 0.831. The van der Waals surface area contributed by atoms with Crippen LogP contribution in [-0.2, 0) is 0 Å². The van der Waals surface area contributed by atoms with E-state index >= 15 is 0 Å². The third-order valence-corrected chi connectivity index (χ3v) is 2.78. The Kier molecular flexibility index (Phi) is 3.75. The number of benzene rings is 1. The first-order chi connectivity index (χ1) is 9.09. The van der Waals surface area contributed by atoms with Gasteiger partial charge in [0.25, 0.3) is 5.91 Å². The van der Waals surface area contributed by atoms with Crippen molar-refractivity contribution in [1.29, 1.82) is 0 Å². The van der Waals surface area contributed by atoms with Gasteiger partial charge < -0.3 is 11.1 Å². The molecule has 0 saturated heterocycles. The van der Waals surface area contributed by atoms with E-state index in [1.807, 2.05) is 6.07 Å². The monoisotopic (exact) mass is 259 g/mol. The molecule has 0 fully saturated rings. The van der Waals surface area contributed by atoms with Crippen LogP contribution in [0, 0.1) is 5.82 Å². The molecule has 0 aliphatic heterocycles. The SMILES string of the molecule is CC(NC(=O)c1cccc(F)c1N)c1ccccn1. The highest BCUT2D eigenvalue weighted by Crippen LogP contribution is 2.17. The average Bonchev–Trinajstić information content (AvgIpc) is 2.42. The minimum Gasteiger partial charge on any atom is -0.396 e. The summed E-state index contributed by atoms with van der Waals surface area (Å²) in [4.78, 5) is 16.2. The molecule has 5 heteroatoms. The smallest absolute Gasteiger partial charge is 0.254 e. The van der Waals surface area contributed by atoms with Crippen molar-refractivity contribution in [2.75, 3.05) is 5.73 Å². The van der Waals surface area contributed by atoms with E-state index in [1.165, 1.54) is 18.2 Å². The number of hydrogen-bond acceptors (Lipinski definition) is 3. The van der Waals surface area contributed by atoms with Crippen molar-refractivity contribution < 1.29 is 9.18 Å². The van der Waals surface area contributed by atoms with Gasteiger partial charge in [0.15, 0.2) is 0 Å². The second-order valence-electron chi connectivity index (χ2n) is 4.15. The fraction of sp³-hybridized carbons (Fsp3) is 0.143. The lowest BCUT2D eigenvalue weighted by molar-refractivity contribution is 0.0939. The third-order valence-electron chi connectivity index (χ3n) is 2.78. The van der Waals surface area contributed by atoms with E-state index in [0.29, 0.717) is 0 Å². The normalized spacial score (nSPS) is 11.9. The van der Waals surface area contributed by atoms with Crippen LogP contribution >= 0.6 is 0 Å². The Bertz CT molecular complexity index is 586. The second-order valence-corrected chi connectivity index (χ2v) is 4.15. The number of rotatable bonds is 3. The fourth-order valence-electron chi connectivity index (χ4n) is 1.72. The maximum atomic E-state index is 13.3. The first-order valence-corrected chi connectivity index (χ1v) is 5.85. The molecule has 4 nitrogen and oxygen atoms in total. The molecule has 1 aromatic carbocycles. The number of nitrogens with two attached hydrogens (primary N) is 1. The molecule has 0 aliphatic rings. The number of anilines is 1. The summed E-state index contributed by atoms with van der Waals surface area (Å²) in [5, 5.41) is 2.73. The maximum Gasteiger partial charge on any atom is 0.254 e. The third kappa shape index (κ3) is 2.88. The molecule has 1 amide bonds. The van der Waals surface area contributed by atoms with Crippen LogP contribution < -0.4 is 11.1 Å². The molecule has 2 rings (SSSR count). The van der Waals surface area contributed by atoms with Gasteiger partial charge in [-0.2, -0.15) is 0 Å². The molecule has 1 unspecified atom stereocenters. The van der Waals surface area contributed by atoms with Gasteiger partial charge in [0.05, 0.1) is 23.0 Å². The first-order valence-electron chi connectivity index (χ1n) is 5.85. The van der Waals surface area contributed by atoms with Gasteiger partial charge in [0, 0.05) is 6.20 Å². The van der Waals surface area contributed by atoms with Crippen LogP contribution in [0.5, 0.6) is 0 Å². The number of para-hydroxylation sites is 1. The summed E-state index contributed by atoms with van der Waals surface area (Å²) in [5.74, 6) is -1.02. The van der Waals surface area contributed by atoms with Gasteiger partial charge in [0.2, 0.25) is 0 Å². The van der Waals surface area contributed by atoms with Crippen LogP contribution in [0.1, 0.15) is 29.0 Å². The zero-order valence-corrected chi connectivity index (χ0v) is 10.4. The lowest BCUT2D eigenvalue weighted by Gasteiger charge is -2.14. The van der Waals surface area contributed by atoms with Gasteiger partial charge in [-0.15, -0.1) is 0 Å². The summed E-state index contributed by atoms with van der Waals surface area (Å²) in [6, 6.07) is 9.31. The molecular weight excluding hydrogens is 245 g/mol. The van der Waals surface area contributed by atoms with Crippen LogP contribution in [0.4, 0.5) is 10.1 Å². The largest absolute Gasteiger partial charge is 0.396 e. The van der Waals surface area contributed by atoms with E-state index in [1.54, 1.807) is 25.3 Å². The Hall–Kier alpha value is -2.43. The van der Waals surface area contributed by atoms with E-state index in [9.17, 15) is 9.18 Å². The van der Waals surface area contributed by atoms with Crippen molar-refractivity contribution in [2.24, 2.45) is 0 Å². The van der Waals surface area contributed by atoms with Gasteiger partial charge >= 0.3 is 0 Å². The van der Waals surface area contributed by atoms with Crippen molar-refractivity contribution in [3.05, 3.63) is 59.7 Å². The Morgan fingerprint density at radius 1 is 1.32 bits per heavy atom. The van der Waals surface area contributed by atoms with E-state index in [4.69, 9.17) is 5.73 Å². The van der Waals surface area contributed by atoms with Crippen molar-refractivity contribution in [3.63, 3.8) is 0 Å². The summed E-state index contributed by atoms with van der Waals surface area (Å²) >= 11 is 0. The molecule has 1 heterocycles.